The zero-order valence-corrected chi connectivity index (χ0v) is 15.6. The molecule has 0 aromatic carbocycles. The summed E-state index contributed by atoms with van der Waals surface area (Å²) in [4.78, 5) is 29.3. The highest BCUT2D eigenvalue weighted by atomic mass is 32.2. The average Bonchev–Trinajstić information content (AvgIpc) is 2.61. The molecular formula is C16H23N3O6S. The highest BCUT2D eigenvalue weighted by Gasteiger charge is 2.28. The summed E-state index contributed by atoms with van der Waals surface area (Å²) in [6.45, 7) is 4.51. The lowest BCUT2D eigenvalue weighted by molar-refractivity contribution is -0.148. The van der Waals surface area contributed by atoms with Crippen molar-refractivity contribution in [2.45, 2.75) is 26.7 Å². The maximum Gasteiger partial charge on any atom is 0.339 e. The van der Waals surface area contributed by atoms with Crippen LogP contribution in [-0.2, 0) is 19.6 Å². The summed E-state index contributed by atoms with van der Waals surface area (Å²) in [6, 6.07) is 1.26. The van der Waals surface area contributed by atoms with Crippen molar-refractivity contribution in [3.63, 3.8) is 0 Å². The van der Waals surface area contributed by atoms with E-state index in [2.05, 4.69) is 9.71 Å². The molecule has 10 heteroatoms. The molecule has 1 saturated heterocycles. The molecule has 1 fully saturated rings. The van der Waals surface area contributed by atoms with E-state index in [-0.39, 0.29) is 34.7 Å². The number of carbonyl (C=O) groups is 2. The second kappa shape index (κ2) is 8.35. The van der Waals surface area contributed by atoms with Crippen LogP contribution in [0.15, 0.2) is 12.3 Å². The second-order valence-electron chi connectivity index (χ2n) is 5.92. The van der Waals surface area contributed by atoms with Crippen LogP contribution in [-0.4, -0.2) is 55.9 Å². The zero-order chi connectivity index (χ0) is 19.3. The van der Waals surface area contributed by atoms with Crippen LogP contribution >= 0.6 is 0 Å². The van der Waals surface area contributed by atoms with Crippen molar-refractivity contribution in [2.24, 2.45) is 5.92 Å². The maximum absolute atomic E-state index is 11.8. The summed E-state index contributed by atoms with van der Waals surface area (Å²) in [5.41, 5.74) is 0.0188. The van der Waals surface area contributed by atoms with Crippen LogP contribution in [0.4, 0.5) is 11.5 Å². The second-order valence-corrected chi connectivity index (χ2v) is 7.93. The minimum absolute atomic E-state index is 0.0871. The molecular weight excluding hydrogens is 362 g/mol. The fraction of sp³-hybridized carbons (Fsp3) is 0.562. The van der Waals surface area contributed by atoms with Crippen molar-refractivity contribution in [3.8, 4) is 0 Å². The Morgan fingerprint density at radius 3 is 2.54 bits per heavy atom. The number of anilines is 2. The lowest BCUT2D eigenvalue weighted by Crippen LogP contribution is -2.38. The van der Waals surface area contributed by atoms with Gasteiger partial charge in [-0.15, -0.1) is 0 Å². The predicted molar refractivity (Wildman–Crippen MR) is 95.8 cm³/mol. The Balaban J connectivity index is 2.17. The molecule has 1 aromatic heterocycles. The minimum atomic E-state index is -3.52. The van der Waals surface area contributed by atoms with Gasteiger partial charge in [-0.2, -0.15) is 0 Å². The van der Waals surface area contributed by atoms with E-state index >= 15 is 0 Å². The zero-order valence-electron chi connectivity index (χ0n) is 14.8. The SMILES string of the molecule is CCOC(=O)C1CCN(c2ncc(NS(=O)(=O)CC)cc2C(=O)O)CC1. The quantitative estimate of drug-likeness (QED) is 0.673. The number of carboxylic acid groups (broad SMARTS) is 1. The molecule has 0 amide bonds. The van der Waals surface area contributed by atoms with Gasteiger partial charge in [-0.1, -0.05) is 0 Å². The number of aromatic nitrogens is 1. The van der Waals surface area contributed by atoms with Crippen molar-refractivity contribution >= 4 is 33.5 Å². The smallest absolute Gasteiger partial charge is 0.339 e. The third-order valence-corrected chi connectivity index (χ3v) is 5.47. The normalized spacial score (nSPS) is 15.5. The molecule has 26 heavy (non-hydrogen) atoms. The van der Waals surface area contributed by atoms with Gasteiger partial charge in [0.1, 0.15) is 11.4 Å². The largest absolute Gasteiger partial charge is 0.478 e. The Bertz CT molecular complexity index is 772. The predicted octanol–water partition coefficient (Wildman–Crippen LogP) is 1.32. The Morgan fingerprint density at radius 1 is 1.35 bits per heavy atom. The van der Waals surface area contributed by atoms with Crippen LogP contribution in [0.1, 0.15) is 37.0 Å². The Morgan fingerprint density at radius 2 is 2.00 bits per heavy atom. The fourth-order valence-electron chi connectivity index (χ4n) is 2.76. The molecule has 1 aromatic rings. The van der Waals surface area contributed by atoms with Gasteiger partial charge in [0.25, 0.3) is 0 Å². The van der Waals surface area contributed by atoms with Gasteiger partial charge in [0.15, 0.2) is 0 Å². The summed E-state index contributed by atoms with van der Waals surface area (Å²) in [5, 5.41) is 9.47. The lowest BCUT2D eigenvalue weighted by atomic mass is 9.96. The van der Waals surface area contributed by atoms with Crippen LogP contribution < -0.4 is 9.62 Å². The van der Waals surface area contributed by atoms with Gasteiger partial charge in [0.2, 0.25) is 10.0 Å². The summed E-state index contributed by atoms with van der Waals surface area (Å²) >= 11 is 0. The molecule has 1 aliphatic heterocycles. The van der Waals surface area contributed by atoms with Gasteiger partial charge in [0.05, 0.1) is 30.2 Å². The number of carbonyl (C=O) groups excluding carboxylic acids is 1. The van der Waals surface area contributed by atoms with E-state index < -0.39 is 16.0 Å². The molecule has 0 aliphatic carbocycles. The summed E-state index contributed by atoms with van der Waals surface area (Å²) < 4.78 is 30.6. The average molecular weight is 385 g/mol. The number of aromatic carboxylic acids is 1. The third kappa shape index (κ3) is 4.84. The summed E-state index contributed by atoms with van der Waals surface area (Å²) in [7, 11) is -3.52. The van der Waals surface area contributed by atoms with Crippen LogP contribution in [0, 0.1) is 5.92 Å². The maximum atomic E-state index is 11.8. The molecule has 0 spiro atoms. The van der Waals surface area contributed by atoms with Crippen LogP contribution in [0.5, 0.6) is 0 Å². The van der Waals surface area contributed by atoms with E-state index in [1.807, 2.05) is 0 Å². The Labute approximate surface area is 152 Å². The van der Waals surface area contributed by atoms with E-state index in [9.17, 15) is 23.1 Å². The molecule has 0 saturated carbocycles. The monoisotopic (exact) mass is 385 g/mol. The Hall–Kier alpha value is -2.36. The number of hydrogen-bond donors (Lipinski definition) is 2. The molecule has 0 radical (unpaired) electrons. The van der Waals surface area contributed by atoms with Gasteiger partial charge in [-0.25, -0.2) is 18.2 Å². The van der Waals surface area contributed by atoms with Gasteiger partial charge in [-0.3, -0.25) is 9.52 Å². The first kappa shape index (κ1) is 20.0. The summed E-state index contributed by atoms with van der Waals surface area (Å²) in [6.07, 6.45) is 2.39. The molecule has 9 nitrogen and oxygen atoms in total. The molecule has 1 aliphatic rings. The number of esters is 1. The van der Waals surface area contributed by atoms with Crippen molar-refractivity contribution in [1.82, 2.24) is 4.98 Å². The molecule has 2 N–H and O–H groups in total. The summed E-state index contributed by atoms with van der Waals surface area (Å²) in [5.74, 6) is -1.49. The van der Waals surface area contributed by atoms with Gasteiger partial charge >= 0.3 is 11.9 Å². The van der Waals surface area contributed by atoms with Crippen molar-refractivity contribution in [1.29, 1.82) is 0 Å². The van der Waals surface area contributed by atoms with Crippen LogP contribution in [0.25, 0.3) is 0 Å². The van der Waals surface area contributed by atoms with Gasteiger partial charge in [-0.05, 0) is 32.8 Å². The lowest BCUT2D eigenvalue weighted by Gasteiger charge is -2.32. The van der Waals surface area contributed by atoms with E-state index in [0.29, 0.717) is 32.5 Å². The molecule has 2 heterocycles. The Kier molecular flexibility index (Phi) is 6.41. The molecule has 144 valence electrons. The molecule has 0 atom stereocenters. The van der Waals surface area contributed by atoms with E-state index in [1.165, 1.54) is 19.2 Å². The van der Waals surface area contributed by atoms with Crippen molar-refractivity contribution < 1.29 is 27.9 Å². The number of ether oxygens (including phenoxy) is 1. The van der Waals surface area contributed by atoms with E-state index in [4.69, 9.17) is 4.74 Å². The molecule has 0 unspecified atom stereocenters. The first-order valence-electron chi connectivity index (χ1n) is 8.42. The first-order valence-corrected chi connectivity index (χ1v) is 10.1. The minimum Gasteiger partial charge on any atom is -0.478 e. The number of nitrogens with one attached hydrogen (secondary N) is 1. The van der Waals surface area contributed by atoms with E-state index in [0.717, 1.165) is 0 Å². The number of sulfonamides is 1. The van der Waals surface area contributed by atoms with Gasteiger partial charge < -0.3 is 14.7 Å². The number of pyridine rings is 1. The van der Waals surface area contributed by atoms with Crippen molar-refractivity contribution in [3.05, 3.63) is 17.8 Å². The van der Waals surface area contributed by atoms with Crippen LogP contribution in [0.3, 0.4) is 0 Å². The highest BCUT2D eigenvalue weighted by molar-refractivity contribution is 7.92. The highest BCUT2D eigenvalue weighted by Crippen LogP contribution is 2.27. The topological polar surface area (TPSA) is 126 Å². The third-order valence-electron chi connectivity index (χ3n) is 4.16. The number of piperidine rings is 1. The van der Waals surface area contributed by atoms with Crippen molar-refractivity contribution in [2.75, 3.05) is 35.1 Å². The number of rotatable bonds is 7. The molecule has 2 rings (SSSR count). The van der Waals surface area contributed by atoms with Crippen LogP contribution in [0.2, 0.25) is 0 Å². The fourth-order valence-corrected chi connectivity index (χ4v) is 3.38. The van der Waals surface area contributed by atoms with Gasteiger partial charge in [0, 0.05) is 13.1 Å². The number of hydrogen-bond acceptors (Lipinski definition) is 7. The van der Waals surface area contributed by atoms with E-state index in [1.54, 1.807) is 11.8 Å². The first-order chi connectivity index (χ1) is 12.3. The number of carboxylic acids is 1. The number of nitrogens with zero attached hydrogens (tertiary/aromatic N) is 2. The molecule has 0 bridgehead atoms. The standard InChI is InChI=1S/C16H23N3O6S/c1-3-25-16(22)11-5-7-19(8-6-11)14-13(15(20)21)9-12(10-17-14)18-26(23,24)4-2/h9-11,18H,3-8H2,1-2H3,(H,20,21).